The number of hydrogen-bond donors (Lipinski definition) is 0. The molecule has 1 saturated heterocycles. The molecule has 2 aromatic rings. The first kappa shape index (κ1) is 21.9. The molecule has 0 saturated carbocycles. The average molecular weight is 441 g/mol. The first-order chi connectivity index (χ1) is 15.5. The molecule has 9 heteroatoms. The third-order valence-corrected chi connectivity index (χ3v) is 6.00. The van der Waals surface area contributed by atoms with E-state index in [0.29, 0.717) is 68.6 Å². The highest BCUT2D eigenvalue weighted by Crippen LogP contribution is 2.38. The van der Waals surface area contributed by atoms with Gasteiger partial charge in [0.25, 0.3) is 0 Å². The number of carbonyl (C=O) groups is 2. The molecule has 1 unspecified atom stereocenters. The SMILES string of the molecule is CCOC(=O)N1CCN(c2ncc3c(n2)CC(c2ccc(OC)cc2OC)CC3=O)CC1. The number of hydrogen-bond acceptors (Lipinski definition) is 8. The van der Waals surface area contributed by atoms with Gasteiger partial charge in [0.15, 0.2) is 5.78 Å². The smallest absolute Gasteiger partial charge is 0.409 e. The van der Waals surface area contributed by atoms with E-state index < -0.39 is 0 Å². The van der Waals surface area contributed by atoms with Crippen molar-refractivity contribution in [2.75, 3.05) is 51.9 Å². The van der Waals surface area contributed by atoms with E-state index in [1.807, 2.05) is 23.1 Å². The molecule has 9 nitrogen and oxygen atoms in total. The van der Waals surface area contributed by atoms with Gasteiger partial charge in [0, 0.05) is 50.8 Å². The number of ketones is 1. The van der Waals surface area contributed by atoms with Gasteiger partial charge >= 0.3 is 6.09 Å². The predicted molar refractivity (Wildman–Crippen MR) is 118 cm³/mol. The van der Waals surface area contributed by atoms with Gasteiger partial charge in [-0.1, -0.05) is 6.07 Å². The zero-order valence-corrected chi connectivity index (χ0v) is 18.7. The van der Waals surface area contributed by atoms with Crippen LogP contribution in [0.4, 0.5) is 10.7 Å². The van der Waals surface area contributed by atoms with Crippen molar-refractivity contribution in [3.63, 3.8) is 0 Å². The zero-order valence-electron chi connectivity index (χ0n) is 18.7. The minimum atomic E-state index is -0.291. The molecule has 1 aliphatic carbocycles. The zero-order chi connectivity index (χ0) is 22.7. The summed E-state index contributed by atoms with van der Waals surface area (Å²) in [6, 6.07) is 5.67. The summed E-state index contributed by atoms with van der Waals surface area (Å²) in [6.45, 7) is 4.47. The van der Waals surface area contributed by atoms with Gasteiger partial charge in [0.1, 0.15) is 11.5 Å². The van der Waals surface area contributed by atoms with Crippen molar-refractivity contribution < 1.29 is 23.8 Å². The van der Waals surface area contributed by atoms with Crippen molar-refractivity contribution in [3.8, 4) is 11.5 Å². The van der Waals surface area contributed by atoms with E-state index >= 15 is 0 Å². The molecule has 170 valence electrons. The fraction of sp³-hybridized carbons (Fsp3) is 0.478. The van der Waals surface area contributed by atoms with Crippen molar-refractivity contribution in [2.24, 2.45) is 0 Å². The lowest BCUT2D eigenvalue weighted by atomic mass is 9.82. The average Bonchev–Trinajstić information content (AvgIpc) is 2.83. The van der Waals surface area contributed by atoms with Gasteiger partial charge in [-0.2, -0.15) is 0 Å². The van der Waals surface area contributed by atoms with Gasteiger partial charge in [-0.3, -0.25) is 4.79 Å². The van der Waals surface area contributed by atoms with Crippen molar-refractivity contribution in [3.05, 3.63) is 41.2 Å². The highest BCUT2D eigenvalue weighted by Gasteiger charge is 2.31. The van der Waals surface area contributed by atoms with E-state index in [1.165, 1.54) is 0 Å². The molecule has 32 heavy (non-hydrogen) atoms. The molecule has 1 aliphatic heterocycles. The third-order valence-electron chi connectivity index (χ3n) is 6.00. The van der Waals surface area contributed by atoms with Crippen LogP contribution in [0, 0.1) is 0 Å². The molecule has 4 rings (SSSR count). The van der Waals surface area contributed by atoms with Gasteiger partial charge in [0.05, 0.1) is 32.1 Å². The van der Waals surface area contributed by atoms with Gasteiger partial charge in [0.2, 0.25) is 5.95 Å². The van der Waals surface area contributed by atoms with Gasteiger partial charge in [-0.05, 0) is 25.0 Å². The molecule has 2 aliphatic rings. The topological polar surface area (TPSA) is 94.1 Å². The number of amides is 1. The van der Waals surface area contributed by atoms with Crippen molar-refractivity contribution in [1.29, 1.82) is 0 Å². The standard InChI is InChI=1S/C23H28N4O5/c1-4-32-23(29)27-9-7-26(8-10-27)22-24-14-18-19(25-22)11-15(12-20(18)28)17-6-5-16(30-2)13-21(17)31-3/h5-6,13-15H,4,7-12H2,1-3H3. The molecule has 1 aromatic carbocycles. The minimum absolute atomic E-state index is 0.0285. The highest BCUT2D eigenvalue weighted by molar-refractivity contribution is 5.98. The number of carbonyl (C=O) groups excluding carboxylic acids is 2. The molecular formula is C23H28N4O5. The van der Waals surface area contributed by atoms with E-state index in [0.717, 1.165) is 11.3 Å². The Hall–Kier alpha value is -3.36. The first-order valence-corrected chi connectivity index (χ1v) is 10.8. The lowest BCUT2D eigenvalue weighted by Gasteiger charge is -2.34. The van der Waals surface area contributed by atoms with E-state index in [1.54, 1.807) is 32.2 Å². The second kappa shape index (κ2) is 9.42. The maximum absolute atomic E-state index is 12.8. The number of ether oxygens (including phenoxy) is 3. The van der Waals surface area contributed by atoms with Crippen LogP contribution in [-0.4, -0.2) is 73.7 Å². The number of fused-ring (bicyclic) bond motifs is 1. The number of benzene rings is 1. The minimum Gasteiger partial charge on any atom is -0.497 e. The summed E-state index contributed by atoms with van der Waals surface area (Å²) in [5, 5.41) is 0. The van der Waals surface area contributed by atoms with Gasteiger partial charge in [-0.25, -0.2) is 14.8 Å². The molecule has 0 N–H and O–H groups in total. The van der Waals surface area contributed by atoms with Crippen LogP contribution in [0.1, 0.15) is 40.9 Å². The van der Waals surface area contributed by atoms with Crippen molar-refractivity contribution in [1.82, 2.24) is 14.9 Å². The summed E-state index contributed by atoms with van der Waals surface area (Å²) in [6.07, 6.45) is 2.36. The van der Waals surface area contributed by atoms with Crippen molar-refractivity contribution in [2.45, 2.75) is 25.7 Å². The van der Waals surface area contributed by atoms with Gasteiger partial charge < -0.3 is 24.0 Å². The summed E-state index contributed by atoms with van der Waals surface area (Å²) in [4.78, 5) is 37.7. The fourth-order valence-electron chi connectivity index (χ4n) is 4.27. The Balaban J connectivity index is 1.52. The Morgan fingerprint density at radius 3 is 2.59 bits per heavy atom. The monoisotopic (exact) mass is 440 g/mol. The molecule has 1 fully saturated rings. The molecule has 1 atom stereocenters. The second-order valence-electron chi connectivity index (χ2n) is 7.84. The Morgan fingerprint density at radius 2 is 1.91 bits per heavy atom. The van der Waals surface area contributed by atoms with Crippen molar-refractivity contribution >= 4 is 17.8 Å². The highest BCUT2D eigenvalue weighted by atomic mass is 16.6. The maximum atomic E-state index is 12.8. The van der Waals surface area contributed by atoms with Crippen LogP contribution in [0.2, 0.25) is 0 Å². The quantitative estimate of drug-likeness (QED) is 0.701. The van der Waals surface area contributed by atoms with E-state index in [2.05, 4.69) is 4.98 Å². The van der Waals surface area contributed by atoms with E-state index in [4.69, 9.17) is 19.2 Å². The first-order valence-electron chi connectivity index (χ1n) is 10.8. The summed E-state index contributed by atoms with van der Waals surface area (Å²) in [5.74, 6) is 2.00. The van der Waals surface area contributed by atoms with E-state index in [-0.39, 0.29) is 17.8 Å². The van der Waals surface area contributed by atoms with Gasteiger partial charge in [-0.15, -0.1) is 0 Å². The molecule has 2 heterocycles. The molecule has 0 bridgehead atoms. The van der Waals surface area contributed by atoms with Crippen LogP contribution in [-0.2, 0) is 11.2 Å². The predicted octanol–water partition coefficient (Wildman–Crippen LogP) is 2.69. The third kappa shape index (κ3) is 4.32. The number of anilines is 1. The number of nitrogens with zero attached hydrogens (tertiary/aromatic N) is 4. The number of piperazine rings is 1. The number of methoxy groups -OCH3 is 2. The van der Waals surface area contributed by atoms with Crippen LogP contribution in [0.5, 0.6) is 11.5 Å². The Bertz CT molecular complexity index is 1000. The number of Topliss-reactive ketones (excluding diaryl/α,β-unsaturated/α-hetero) is 1. The van der Waals surface area contributed by atoms with Crippen LogP contribution in [0.25, 0.3) is 0 Å². The molecule has 0 radical (unpaired) electrons. The lowest BCUT2D eigenvalue weighted by Crippen LogP contribution is -2.49. The van der Waals surface area contributed by atoms with E-state index in [9.17, 15) is 9.59 Å². The summed E-state index contributed by atoms with van der Waals surface area (Å²) in [7, 11) is 3.23. The Kier molecular flexibility index (Phi) is 6.43. The Labute approximate surface area is 187 Å². The summed E-state index contributed by atoms with van der Waals surface area (Å²) < 4.78 is 15.9. The molecule has 1 amide bonds. The number of rotatable bonds is 5. The van der Waals surface area contributed by atoms with Crippen LogP contribution < -0.4 is 14.4 Å². The van der Waals surface area contributed by atoms with Crippen LogP contribution >= 0.6 is 0 Å². The molecular weight excluding hydrogens is 412 g/mol. The summed E-state index contributed by atoms with van der Waals surface area (Å²) >= 11 is 0. The summed E-state index contributed by atoms with van der Waals surface area (Å²) in [5.41, 5.74) is 2.31. The normalized spacial score (nSPS) is 18.2. The van der Waals surface area contributed by atoms with Crippen LogP contribution in [0.3, 0.4) is 0 Å². The van der Waals surface area contributed by atoms with Crippen LogP contribution in [0.15, 0.2) is 24.4 Å². The molecule has 0 spiro atoms. The fourth-order valence-corrected chi connectivity index (χ4v) is 4.27. The largest absolute Gasteiger partial charge is 0.497 e. The number of aromatic nitrogens is 2. The maximum Gasteiger partial charge on any atom is 0.409 e. The Morgan fingerprint density at radius 1 is 1.12 bits per heavy atom. The second-order valence-corrected chi connectivity index (χ2v) is 7.84. The lowest BCUT2D eigenvalue weighted by molar-refractivity contribution is 0.0961. The molecule has 1 aromatic heterocycles.